The monoisotopic (exact) mass is 676 g/mol. The van der Waals surface area contributed by atoms with E-state index in [-0.39, 0.29) is 33.2 Å². The molecule has 0 aromatic heterocycles. The molecule has 0 unspecified atom stereocenters. The molecule has 0 aliphatic heterocycles. The summed E-state index contributed by atoms with van der Waals surface area (Å²) in [6.45, 7) is 26.7. The molecular weight excluding hydrogens is 617 g/mol. The van der Waals surface area contributed by atoms with Gasteiger partial charge in [0.05, 0.1) is 14.2 Å². The molecule has 0 radical (unpaired) electrons. The summed E-state index contributed by atoms with van der Waals surface area (Å²) in [5, 5.41) is 24.1. The van der Waals surface area contributed by atoms with Crippen LogP contribution >= 0.6 is 0 Å². The fourth-order valence-electron chi connectivity index (χ4n) is 7.17. The maximum Gasteiger partial charge on any atom is 0.125 e. The van der Waals surface area contributed by atoms with Crippen LogP contribution in [0, 0.1) is 0 Å². The third-order valence-corrected chi connectivity index (χ3v) is 10.4. The number of hydrogen-bond donors (Lipinski definition) is 2. The van der Waals surface area contributed by atoms with Crippen molar-refractivity contribution in [1.82, 2.24) is 0 Å². The maximum absolute atomic E-state index is 12.1. The number of benzene rings is 4. The van der Waals surface area contributed by atoms with E-state index in [0.29, 0.717) is 25.7 Å². The van der Waals surface area contributed by atoms with Crippen LogP contribution in [0.4, 0.5) is 0 Å². The Bertz CT molecular complexity index is 1780. The van der Waals surface area contributed by atoms with Crippen molar-refractivity contribution in [2.75, 3.05) is 14.2 Å². The number of phenols is 2. The summed E-state index contributed by atoms with van der Waals surface area (Å²) in [4.78, 5) is 0. The zero-order valence-corrected chi connectivity index (χ0v) is 33.2. The van der Waals surface area contributed by atoms with Crippen LogP contribution < -0.4 is 9.47 Å². The van der Waals surface area contributed by atoms with Crippen molar-refractivity contribution < 1.29 is 19.7 Å². The van der Waals surface area contributed by atoms with Gasteiger partial charge in [-0.25, -0.2) is 0 Å². The van der Waals surface area contributed by atoms with Gasteiger partial charge in [-0.1, -0.05) is 132 Å². The van der Waals surface area contributed by atoms with Gasteiger partial charge in [-0.3, -0.25) is 0 Å². The zero-order chi connectivity index (χ0) is 37.1. The Morgan fingerprint density at radius 2 is 0.540 bits per heavy atom. The highest BCUT2D eigenvalue weighted by atomic mass is 16.5. The Hall–Kier alpha value is -3.92. The van der Waals surface area contributed by atoms with Crippen LogP contribution in [0.2, 0.25) is 0 Å². The highest BCUT2D eigenvalue weighted by molar-refractivity contribution is 5.59. The summed E-state index contributed by atoms with van der Waals surface area (Å²) in [5.41, 5.74) is 11.8. The van der Waals surface area contributed by atoms with E-state index in [1.54, 1.807) is 14.2 Å². The van der Waals surface area contributed by atoms with Crippen molar-refractivity contribution in [1.29, 1.82) is 0 Å². The van der Waals surface area contributed by atoms with Crippen molar-refractivity contribution in [3.63, 3.8) is 0 Å². The Labute approximate surface area is 301 Å². The minimum atomic E-state index is -0.148. The Morgan fingerprint density at radius 3 is 0.740 bits per heavy atom. The predicted molar refractivity (Wildman–Crippen MR) is 208 cm³/mol. The second-order valence-electron chi connectivity index (χ2n) is 18.6. The largest absolute Gasteiger partial charge is 0.507 e. The number of fused-ring (bicyclic) bond motifs is 8. The first-order valence-corrected chi connectivity index (χ1v) is 18.1. The molecule has 5 rings (SSSR count). The van der Waals surface area contributed by atoms with Crippen LogP contribution in [0.25, 0.3) is 0 Å². The summed E-state index contributed by atoms with van der Waals surface area (Å²) < 4.78 is 12.6. The average Bonchev–Trinajstić information content (AvgIpc) is 2.98. The fraction of sp³-hybridized carbons (Fsp3) is 0.478. The number of aromatic hydroxyl groups is 2. The first-order valence-electron chi connectivity index (χ1n) is 18.1. The normalized spacial score (nSPS) is 14.0. The van der Waals surface area contributed by atoms with Gasteiger partial charge in [-0.05, 0) is 88.4 Å². The highest BCUT2D eigenvalue weighted by Crippen LogP contribution is 2.43. The lowest BCUT2D eigenvalue weighted by Crippen LogP contribution is -2.16. The minimum Gasteiger partial charge on any atom is -0.507 e. The molecule has 268 valence electrons. The Kier molecular flexibility index (Phi) is 9.71. The molecule has 50 heavy (non-hydrogen) atoms. The molecule has 0 amide bonds. The zero-order valence-electron chi connectivity index (χ0n) is 33.2. The average molecular weight is 677 g/mol. The van der Waals surface area contributed by atoms with E-state index in [1.165, 1.54) is 11.1 Å². The smallest absolute Gasteiger partial charge is 0.125 e. The Morgan fingerprint density at radius 1 is 0.360 bits per heavy atom. The molecule has 0 saturated heterocycles. The molecule has 8 bridgehead atoms. The van der Waals surface area contributed by atoms with Gasteiger partial charge in [0, 0.05) is 25.7 Å². The molecule has 0 spiro atoms. The lowest BCUT2D eigenvalue weighted by atomic mass is 9.79. The van der Waals surface area contributed by atoms with E-state index in [1.807, 2.05) is 0 Å². The summed E-state index contributed by atoms with van der Waals surface area (Å²) in [7, 11) is 3.51. The lowest BCUT2D eigenvalue weighted by Gasteiger charge is -2.28. The van der Waals surface area contributed by atoms with E-state index >= 15 is 0 Å². The molecule has 0 saturated carbocycles. The molecule has 1 aliphatic rings. The SMILES string of the molecule is COc1c2cc(C(C)(C)C)cc1Cc1cc(C(C)(C)C)cc(c1OC)Cc1cc(C(C)(C)C)cc(c1O)Cc1cc(C(C)(C)C)cc(c1O)C2. The third-order valence-electron chi connectivity index (χ3n) is 10.4. The predicted octanol–water partition coefficient (Wildman–Crippen LogP) is 11.0. The van der Waals surface area contributed by atoms with E-state index in [4.69, 9.17) is 9.47 Å². The summed E-state index contributed by atoms with van der Waals surface area (Å²) in [6.07, 6.45) is 2.03. The molecule has 2 N–H and O–H groups in total. The van der Waals surface area contributed by atoms with Crippen LogP contribution in [0.3, 0.4) is 0 Å². The molecule has 1 aliphatic carbocycles. The van der Waals surface area contributed by atoms with Gasteiger partial charge in [0.1, 0.15) is 23.0 Å². The molecule has 4 aromatic rings. The van der Waals surface area contributed by atoms with Gasteiger partial charge < -0.3 is 19.7 Å². The summed E-state index contributed by atoms with van der Waals surface area (Å²) in [6, 6.07) is 17.7. The van der Waals surface area contributed by atoms with Crippen LogP contribution in [0.15, 0.2) is 48.5 Å². The molecule has 0 fully saturated rings. The van der Waals surface area contributed by atoms with E-state index < -0.39 is 0 Å². The van der Waals surface area contributed by atoms with Gasteiger partial charge in [-0.15, -0.1) is 0 Å². The van der Waals surface area contributed by atoms with Gasteiger partial charge >= 0.3 is 0 Å². The first-order chi connectivity index (χ1) is 23.0. The number of rotatable bonds is 2. The van der Waals surface area contributed by atoms with Crippen LogP contribution in [-0.4, -0.2) is 24.4 Å². The second-order valence-corrected chi connectivity index (χ2v) is 18.6. The number of phenolic OH excluding ortho intramolecular Hbond substituents is 2. The molecule has 4 nitrogen and oxygen atoms in total. The molecule has 4 aromatic carbocycles. The summed E-state index contributed by atoms with van der Waals surface area (Å²) in [5.74, 6) is 2.24. The van der Waals surface area contributed by atoms with E-state index in [2.05, 4.69) is 132 Å². The van der Waals surface area contributed by atoms with Gasteiger partial charge in [-0.2, -0.15) is 0 Å². The van der Waals surface area contributed by atoms with Crippen molar-refractivity contribution in [3.05, 3.63) is 115 Å². The third kappa shape index (κ3) is 7.55. The van der Waals surface area contributed by atoms with Crippen molar-refractivity contribution in [2.45, 2.75) is 130 Å². The number of methoxy groups -OCH3 is 2. The minimum absolute atomic E-state index is 0.107. The maximum atomic E-state index is 12.1. The van der Waals surface area contributed by atoms with Gasteiger partial charge in [0.15, 0.2) is 0 Å². The van der Waals surface area contributed by atoms with Crippen LogP contribution in [0.1, 0.15) is 150 Å². The molecule has 4 heteroatoms. The van der Waals surface area contributed by atoms with Crippen LogP contribution in [0.5, 0.6) is 23.0 Å². The molecule has 0 atom stereocenters. The number of ether oxygens (including phenoxy) is 2. The lowest BCUT2D eigenvalue weighted by molar-refractivity contribution is 0.399. The fourth-order valence-corrected chi connectivity index (χ4v) is 7.17. The van der Waals surface area contributed by atoms with Crippen molar-refractivity contribution in [3.8, 4) is 23.0 Å². The molecule has 0 heterocycles. The van der Waals surface area contributed by atoms with E-state index in [0.717, 1.165) is 67.1 Å². The second kappa shape index (κ2) is 13.0. The Balaban J connectivity index is 1.93. The summed E-state index contributed by atoms with van der Waals surface area (Å²) >= 11 is 0. The van der Waals surface area contributed by atoms with Gasteiger partial charge in [0.2, 0.25) is 0 Å². The van der Waals surface area contributed by atoms with E-state index in [9.17, 15) is 10.2 Å². The highest BCUT2D eigenvalue weighted by Gasteiger charge is 2.28. The van der Waals surface area contributed by atoms with Crippen molar-refractivity contribution >= 4 is 0 Å². The quantitative estimate of drug-likeness (QED) is 0.195. The van der Waals surface area contributed by atoms with Crippen LogP contribution in [-0.2, 0) is 47.3 Å². The first kappa shape index (κ1) is 37.3. The number of hydrogen-bond acceptors (Lipinski definition) is 4. The van der Waals surface area contributed by atoms with Gasteiger partial charge in [0.25, 0.3) is 0 Å². The van der Waals surface area contributed by atoms with Crippen molar-refractivity contribution in [2.24, 2.45) is 0 Å². The topological polar surface area (TPSA) is 58.9 Å². The molecular formula is C46H60O4. The standard InChI is InChI=1S/C46H60O4/c1-43(2,3)35-19-27-15-28-20-36(44(4,5)6)22-30(40(28)48)17-32-24-38(46(10,11)12)26-34(42(32)50-14)18-33-25-37(45(7,8)9)23-31(41(33)49-13)16-29(21-35)39(27)47/h19-26,47-48H,15-18H2,1-14H3.